The minimum Gasteiger partial charge on any atom is -0.326 e. The molecule has 21 heavy (non-hydrogen) atoms. The van der Waals surface area contributed by atoms with E-state index in [0.717, 1.165) is 37.4 Å². The van der Waals surface area contributed by atoms with Gasteiger partial charge in [0.1, 0.15) is 11.6 Å². The summed E-state index contributed by atoms with van der Waals surface area (Å²) in [4.78, 5) is -0.0961. The third-order valence-corrected chi connectivity index (χ3v) is 4.67. The molecule has 5 nitrogen and oxygen atoms in total. The van der Waals surface area contributed by atoms with Crippen LogP contribution in [0.25, 0.3) is 0 Å². The van der Waals surface area contributed by atoms with Crippen molar-refractivity contribution in [1.82, 2.24) is 20.2 Å². The average Bonchev–Trinajstić information content (AvgIpc) is 3.12. The maximum absolute atomic E-state index is 14.0. The first kappa shape index (κ1) is 14.4. The lowest BCUT2D eigenvalue weighted by Crippen LogP contribution is -2.08. The largest absolute Gasteiger partial charge is 0.326 e. The highest BCUT2D eigenvalue weighted by molar-refractivity contribution is 7.99. The van der Waals surface area contributed by atoms with Crippen molar-refractivity contribution in [3.8, 4) is 0 Å². The van der Waals surface area contributed by atoms with E-state index in [4.69, 9.17) is 5.73 Å². The lowest BCUT2D eigenvalue weighted by atomic mass is 10.2. The number of hydrogen-bond donors (Lipinski definition) is 1. The summed E-state index contributed by atoms with van der Waals surface area (Å²) in [5.41, 5.74) is 5.82. The van der Waals surface area contributed by atoms with E-state index in [1.165, 1.54) is 12.1 Å². The Morgan fingerprint density at radius 3 is 2.52 bits per heavy atom. The van der Waals surface area contributed by atoms with Crippen molar-refractivity contribution in [2.75, 3.05) is 0 Å². The number of nitrogens with zero attached hydrogens (tertiary/aromatic N) is 4. The Balaban J connectivity index is 1.89. The summed E-state index contributed by atoms with van der Waals surface area (Å²) in [5, 5.41) is 11.9. The van der Waals surface area contributed by atoms with E-state index in [0.29, 0.717) is 10.7 Å². The molecule has 0 amide bonds. The summed E-state index contributed by atoms with van der Waals surface area (Å²) in [6, 6.07) is 2.71. The van der Waals surface area contributed by atoms with Crippen LogP contribution >= 0.6 is 11.8 Å². The molecule has 1 heterocycles. The zero-order valence-electron chi connectivity index (χ0n) is 11.3. The van der Waals surface area contributed by atoms with Crippen molar-refractivity contribution >= 4 is 11.8 Å². The summed E-state index contributed by atoms with van der Waals surface area (Å²) in [5.74, 6) is -1.28. The van der Waals surface area contributed by atoms with Crippen molar-refractivity contribution in [2.45, 2.75) is 48.3 Å². The molecular formula is C13H15F2N5S. The Kier molecular flexibility index (Phi) is 4.16. The Hall–Kier alpha value is -1.54. The number of nitrogens with two attached hydrogens (primary N) is 1. The van der Waals surface area contributed by atoms with Crippen molar-refractivity contribution in [1.29, 1.82) is 0 Å². The van der Waals surface area contributed by atoms with E-state index in [-0.39, 0.29) is 17.5 Å². The molecular weight excluding hydrogens is 296 g/mol. The fourth-order valence-electron chi connectivity index (χ4n) is 2.55. The molecule has 112 valence electrons. The Bertz CT molecular complexity index is 616. The second kappa shape index (κ2) is 6.07. The summed E-state index contributed by atoms with van der Waals surface area (Å²) in [7, 11) is 0. The molecule has 1 aliphatic carbocycles. The molecule has 2 aromatic rings. The van der Waals surface area contributed by atoms with Gasteiger partial charge in [-0.25, -0.2) is 13.5 Å². The van der Waals surface area contributed by atoms with Gasteiger partial charge in [0.2, 0.25) is 5.16 Å². The Morgan fingerprint density at radius 2 is 1.90 bits per heavy atom. The van der Waals surface area contributed by atoms with Crippen LogP contribution in [0.3, 0.4) is 0 Å². The molecule has 0 aliphatic heterocycles. The number of halogens is 2. The maximum Gasteiger partial charge on any atom is 0.214 e. The summed E-state index contributed by atoms with van der Waals surface area (Å²) in [6.45, 7) is 0.0958. The van der Waals surface area contributed by atoms with Crippen LogP contribution in [0.2, 0.25) is 0 Å². The van der Waals surface area contributed by atoms with Crippen LogP contribution in [-0.4, -0.2) is 20.2 Å². The van der Waals surface area contributed by atoms with Crippen molar-refractivity contribution in [3.05, 3.63) is 29.3 Å². The molecule has 1 aliphatic rings. The van der Waals surface area contributed by atoms with E-state index < -0.39 is 11.6 Å². The van der Waals surface area contributed by atoms with Gasteiger partial charge in [-0.2, -0.15) is 0 Å². The molecule has 3 rings (SSSR count). The zero-order chi connectivity index (χ0) is 14.8. The summed E-state index contributed by atoms with van der Waals surface area (Å²) in [6.07, 6.45) is 4.25. The first-order valence-corrected chi connectivity index (χ1v) is 7.64. The van der Waals surface area contributed by atoms with Gasteiger partial charge in [0.15, 0.2) is 0 Å². The molecule has 0 saturated heterocycles. The first-order chi connectivity index (χ1) is 10.2. The van der Waals surface area contributed by atoms with Crippen molar-refractivity contribution in [2.24, 2.45) is 5.73 Å². The standard InChI is InChI=1S/C13H15F2N5S/c14-10-5-8(7-16)6-11(15)12(10)21-13-17-18-19-20(13)9-3-1-2-4-9/h5-6,9H,1-4,7,16H2. The second-order valence-electron chi connectivity index (χ2n) is 5.04. The van der Waals surface area contributed by atoms with Gasteiger partial charge in [0.05, 0.1) is 10.9 Å². The van der Waals surface area contributed by atoms with Gasteiger partial charge in [0, 0.05) is 6.54 Å². The molecule has 1 fully saturated rings. The summed E-state index contributed by atoms with van der Waals surface area (Å²) >= 11 is 0.916. The predicted octanol–water partition coefficient (Wildman–Crippen LogP) is 2.68. The fourth-order valence-corrected chi connectivity index (χ4v) is 3.40. The maximum atomic E-state index is 14.0. The van der Waals surface area contributed by atoms with E-state index >= 15 is 0 Å². The highest BCUT2D eigenvalue weighted by Gasteiger charge is 2.23. The Morgan fingerprint density at radius 1 is 1.24 bits per heavy atom. The van der Waals surface area contributed by atoms with Crippen LogP contribution in [0, 0.1) is 11.6 Å². The number of tetrazole rings is 1. The number of rotatable bonds is 4. The first-order valence-electron chi connectivity index (χ1n) is 6.82. The molecule has 0 bridgehead atoms. The van der Waals surface area contributed by atoms with Crippen LogP contribution in [0.1, 0.15) is 37.3 Å². The Labute approximate surface area is 124 Å². The summed E-state index contributed by atoms with van der Waals surface area (Å²) < 4.78 is 29.7. The lowest BCUT2D eigenvalue weighted by molar-refractivity contribution is 0.422. The lowest BCUT2D eigenvalue weighted by Gasteiger charge is -2.11. The van der Waals surface area contributed by atoms with E-state index in [2.05, 4.69) is 15.5 Å². The minimum absolute atomic E-state index is 0.0958. The average molecular weight is 311 g/mol. The number of hydrogen-bond acceptors (Lipinski definition) is 5. The molecule has 0 unspecified atom stereocenters. The molecule has 8 heteroatoms. The van der Waals surface area contributed by atoms with Crippen LogP contribution in [0.5, 0.6) is 0 Å². The number of aromatic nitrogens is 4. The normalized spacial score (nSPS) is 15.8. The molecule has 2 N–H and O–H groups in total. The monoisotopic (exact) mass is 311 g/mol. The van der Waals surface area contributed by atoms with Gasteiger partial charge in [-0.3, -0.25) is 0 Å². The molecule has 1 aromatic carbocycles. The SMILES string of the molecule is NCc1cc(F)c(Sc2nnnn2C2CCCC2)c(F)c1. The topological polar surface area (TPSA) is 69.6 Å². The highest BCUT2D eigenvalue weighted by Crippen LogP contribution is 2.35. The molecule has 0 atom stereocenters. The van der Waals surface area contributed by atoms with Crippen LogP contribution < -0.4 is 5.73 Å². The van der Waals surface area contributed by atoms with Gasteiger partial charge < -0.3 is 5.73 Å². The van der Waals surface area contributed by atoms with Gasteiger partial charge in [-0.15, -0.1) is 5.10 Å². The van der Waals surface area contributed by atoms with Gasteiger partial charge in [-0.1, -0.05) is 12.8 Å². The minimum atomic E-state index is -0.638. The third kappa shape index (κ3) is 2.91. The molecule has 0 spiro atoms. The van der Waals surface area contributed by atoms with E-state index in [1.807, 2.05) is 0 Å². The fraction of sp³-hybridized carbons (Fsp3) is 0.462. The quantitative estimate of drug-likeness (QED) is 0.940. The predicted molar refractivity (Wildman–Crippen MR) is 73.7 cm³/mol. The third-order valence-electron chi connectivity index (χ3n) is 3.62. The van der Waals surface area contributed by atoms with E-state index in [9.17, 15) is 8.78 Å². The van der Waals surface area contributed by atoms with Gasteiger partial charge in [-0.05, 0) is 52.7 Å². The molecule has 1 aromatic heterocycles. The smallest absolute Gasteiger partial charge is 0.214 e. The van der Waals surface area contributed by atoms with Crippen LogP contribution in [0.15, 0.2) is 22.2 Å². The second-order valence-corrected chi connectivity index (χ2v) is 6.02. The van der Waals surface area contributed by atoms with Crippen LogP contribution in [0.4, 0.5) is 8.78 Å². The van der Waals surface area contributed by atoms with Crippen molar-refractivity contribution < 1.29 is 8.78 Å². The zero-order valence-corrected chi connectivity index (χ0v) is 12.1. The van der Waals surface area contributed by atoms with Gasteiger partial charge >= 0.3 is 0 Å². The van der Waals surface area contributed by atoms with E-state index in [1.54, 1.807) is 4.68 Å². The van der Waals surface area contributed by atoms with Crippen molar-refractivity contribution in [3.63, 3.8) is 0 Å². The molecule has 0 radical (unpaired) electrons. The molecule has 1 saturated carbocycles. The highest BCUT2D eigenvalue weighted by atomic mass is 32.2. The number of benzene rings is 1. The van der Waals surface area contributed by atoms with Gasteiger partial charge in [0.25, 0.3) is 0 Å². The van der Waals surface area contributed by atoms with Crippen LogP contribution in [-0.2, 0) is 6.54 Å².